The molecular formula is C38H56FN5O7S. The van der Waals surface area contributed by atoms with Gasteiger partial charge in [-0.2, -0.15) is 0 Å². The Labute approximate surface area is 310 Å². The van der Waals surface area contributed by atoms with Gasteiger partial charge in [-0.25, -0.2) is 9.37 Å². The van der Waals surface area contributed by atoms with Gasteiger partial charge in [-0.05, 0) is 81.3 Å². The number of amides is 3. The summed E-state index contributed by atoms with van der Waals surface area (Å²) in [6.07, 6.45) is 3.01. The molecular weight excluding hydrogens is 690 g/mol. The number of esters is 1. The third kappa shape index (κ3) is 12.1. The van der Waals surface area contributed by atoms with Crippen molar-refractivity contribution in [2.24, 2.45) is 11.8 Å². The second-order valence-electron chi connectivity index (χ2n) is 14.4. The minimum Gasteiger partial charge on any atom is -0.481 e. The second kappa shape index (κ2) is 19.8. The third-order valence-electron chi connectivity index (χ3n) is 10.1. The van der Waals surface area contributed by atoms with Crippen molar-refractivity contribution in [3.8, 4) is 0 Å². The van der Waals surface area contributed by atoms with E-state index < -0.39 is 42.1 Å². The van der Waals surface area contributed by atoms with Gasteiger partial charge >= 0.3 is 11.9 Å². The van der Waals surface area contributed by atoms with Gasteiger partial charge in [-0.1, -0.05) is 46.6 Å². The predicted octanol–water partition coefficient (Wildman–Crippen LogP) is 5.29. The monoisotopic (exact) mass is 745 g/mol. The summed E-state index contributed by atoms with van der Waals surface area (Å²) >= 11 is 1.14. The van der Waals surface area contributed by atoms with Crippen LogP contribution >= 0.6 is 11.3 Å². The van der Waals surface area contributed by atoms with E-state index in [-0.39, 0.29) is 60.5 Å². The van der Waals surface area contributed by atoms with E-state index in [9.17, 15) is 33.5 Å². The van der Waals surface area contributed by atoms with Gasteiger partial charge in [0.05, 0.1) is 6.04 Å². The number of rotatable bonds is 18. The highest BCUT2D eigenvalue weighted by Gasteiger charge is 2.37. The number of carboxylic acids is 1. The summed E-state index contributed by atoms with van der Waals surface area (Å²) in [5.41, 5.74) is 1.54. The maximum absolute atomic E-state index is 14.2. The largest absolute Gasteiger partial charge is 0.481 e. The molecule has 12 nitrogen and oxygen atoms in total. The molecule has 0 aliphatic carbocycles. The number of ether oxygens (including phenoxy) is 1. The molecule has 1 fully saturated rings. The first kappa shape index (κ1) is 42.5. The summed E-state index contributed by atoms with van der Waals surface area (Å²) < 4.78 is 19.4. The quantitative estimate of drug-likeness (QED) is 0.173. The van der Waals surface area contributed by atoms with E-state index in [1.807, 2.05) is 39.6 Å². The molecule has 1 saturated heterocycles. The number of aliphatic carboxylic acids is 1. The van der Waals surface area contributed by atoms with Crippen molar-refractivity contribution in [1.82, 2.24) is 25.4 Å². The number of carbonyl (C=O) groups is 5. The van der Waals surface area contributed by atoms with Crippen LogP contribution in [0.25, 0.3) is 0 Å². The number of halogens is 1. The van der Waals surface area contributed by atoms with Crippen LogP contribution in [0.5, 0.6) is 0 Å². The number of carboxylic acid groups (broad SMARTS) is 1. The van der Waals surface area contributed by atoms with Gasteiger partial charge in [-0.15, -0.1) is 11.3 Å². The molecule has 2 aromatic rings. The summed E-state index contributed by atoms with van der Waals surface area (Å²) in [6.45, 7) is 11.7. The Morgan fingerprint density at radius 3 is 2.46 bits per heavy atom. The van der Waals surface area contributed by atoms with Gasteiger partial charge in [0.2, 0.25) is 11.8 Å². The minimum absolute atomic E-state index is 0.0718. The van der Waals surface area contributed by atoms with Gasteiger partial charge in [-0.3, -0.25) is 28.9 Å². The Bertz CT molecular complexity index is 1550. The van der Waals surface area contributed by atoms with E-state index in [4.69, 9.17) is 4.74 Å². The van der Waals surface area contributed by atoms with Crippen LogP contribution < -0.4 is 10.6 Å². The number of piperidine rings is 1. The first-order chi connectivity index (χ1) is 24.5. The lowest BCUT2D eigenvalue weighted by Gasteiger charge is -2.38. The fraction of sp³-hybridized carbons (Fsp3) is 0.632. The fourth-order valence-corrected chi connectivity index (χ4v) is 7.53. The number of thiazole rings is 1. The average Bonchev–Trinajstić information content (AvgIpc) is 3.58. The van der Waals surface area contributed by atoms with Crippen molar-refractivity contribution >= 4 is 41.0 Å². The Morgan fingerprint density at radius 1 is 1.15 bits per heavy atom. The van der Waals surface area contributed by atoms with Crippen LogP contribution in [-0.4, -0.2) is 94.4 Å². The summed E-state index contributed by atoms with van der Waals surface area (Å²) in [5.74, 6) is -3.05. The molecule has 3 amide bonds. The smallest absolute Gasteiger partial charge is 0.303 e. The lowest BCUT2D eigenvalue weighted by Crippen LogP contribution is -2.58. The van der Waals surface area contributed by atoms with E-state index in [0.717, 1.165) is 42.7 Å². The highest BCUT2D eigenvalue weighted by molar-refractivity contribution is 7.09. The number of nitrogens with one attached hydrogen (secondary N) is 2. The molecule has 0 spiro atoms. The molecule has 6 atom stereocenters. The zero-order chi connectivity index (χ0) is 38.7. The molecule has 0 radical (unpaired) electrons. The summed E-state index contributed by atoms with van der Waals surface area (Å²) in [5, 5.41) is 17.2. The maximum atomic E-state index is 14.2. The SMILES string of the molecule is CC[C@H](C)C(NC(=O)[C@H]1CCCCN1C)C(=O)N(C)[C@H](C[C@@H](OC(C)=O)c1nc(C(=O)N[C@H](CCC(=O)O)Cc2ccc(F)cc2C)cs1)C(C)C. The van der Waals surface area contributed by atoms with Crippen LogP contribution in [-0.2, 0) is 30.3 Å². The van der Waals surface area contributed by atoms with Crippen LogP contribution in [0.3, 0.4) is 0 Å². The van der Waals surface area contributed by atoms with E-state index in [2.05, 4.69) is 15.6 Å². The van der Waals surface area contributed by atoms with Crippen LogP contribution in [0.1, 0.15) is 112 Å². The fourth-order valence-electron chi connectivity index (χ4n) is 6.69. The number of likely N-dealkylation sites (tertiary alicyclic amines) is 1. The molecule has 0 bridgehead atoms. The van der Waals surface area contributed by atoms with Crippen LogP contribution in [0, 0.1) is 24.6 Å². The summed E-state index contributed by atoms with van der Waals surface area (Å²) in [6, 6.07) is 2.32. The van der Waals surface area contributed by atoms with E-state index in [0.29, 0.717) is 23.4 Å². The lowest BCUT2D eigenvalue weighted by atomic mass is 9.92. The molecule has 0 saturated carbocycles. The summed E-state index contributed by atoms with van der Waals surface area (Å²) in [4.78, 5) is 72.9. The molecule has 1 aliphatic rings. The first-order valence-corrected chi connectivity index (χ1v) is 19.1. The number of nitrogens with zero attached hydrogens (tertiary/aromatic N) is 3. The van der Waals surface area contributed by atoms with E-state index in [1.54, 1.807) is 30.3 Å². The maximum Gasteiger partial charge on any atom is 0.303 e. The number of aryl methyl sites for hydroxylation is 1. The van der Waals surface area contributed by atoms with E-state index >= 15 is 0 Å². The van der Waals surface area contributed by atoms with Gasteiger partial charge in [0.25, 0.3) is 5.91 Å². The van der Waals surface area contributed by atoms with Gasteiger partial charge < -0.3 is 25.4 Å². The standard InChI is InChI=1S/C38H56FN5O7S/c1-9-23(4)34(42-36(49)30-12-10-11-17-43(30)7)38(50)44(8)31(22(2)3)20-32(51-25(6)45)37-41-29(21-52-37)35(48)40-28(15-16-33(46)47)19-26-13-14-27(39)18-24(26)5/h13-14,18,21-23,28,30-32,34H,9-12,15-17,19-20H2,1-8H3,(H,40,48)(H,42,49)(H,46,47)/t23-,28+,30+,31+,32+,34?/m0/s1. The number of hydrogen-bond acceptors (Lipinski definition) is 9. The molecule has 288 valence electrons. The highest BCUT2D eigenvalue weighted by Crippen LogP contribution is 2.31. The molecule has 1 unspecified atom stereocenters. The van der Waals surface area contributed by atoms with Gasteiger partial charge in [0.15, 0.2) is 6.10 Å². The molecule has 1 aromatic heterocycles. The van der Waals surface area contributed by atoms with Crippen molar-refractivity contribution in [2.75, 3.05) is 20.6 Å². The Balaban J connectivity index is 1.81. The third-order valence-corrected chi connectivity index (χ3v) is 11.0. The molecule has 3 rings (SSSR count). The first-order valence-electron chi connectivity index (χ1n) is 18.2. The summed E-state index contributed by atoms with van der Waals surface area (Å²) in [7, 11) is 3.63. The van der Waals surface area contributed by atoms with Crippen molar-refractivity contribution in [3.63, 3.8) is 0 Å². The zero-order valence-electron chi connectivity index (χ0n) is 31.7. The van der Waals surface area contributed by atoms with Crippen molar-refractivity contribution < 1.29 is 38.2 Å². The molecule has 3 N–H and O–H groups in total. The van der Waals surface area contributed by atoms with Crippen molar-refractivity contribution in [3.05, 3.63) is 51.2 Å². The molecule has 2 heterocycles. The minimum atomic E-state index is -1.01. The number of benzene rings is 1. The number of carbonyl (C=O) groups excluding carboxylic acids is 4. The molecule has 1 aromatic carbocycles. The van der Waals surface area contributed by atoms with Crippen molar-refractivity contribution in [1.29, 1.82) is 0 Å². The van der Waals surface area contributed by atoms with Gasteiger partial charge in [0.1, 0.15) is 22.6 Å². The number of aromatic nitrogens is 1. The van der Waals surface area contributed by atoms with Crippen LogP contribution in [0.2, 0.25) is 0 Å². The van der Waals surface area contributed by atoms with Crippen LogP contribution in [0.15, 0.2) is 23.6 Å². The van der Waals surface area contributed by atoms with Gasteiger partial charge in [0, 0.05) is 44.3 Å². The number of hydrogen-bond donors (Lipinski definition) is 3. The zero-order valence-corrected chi connectivity index (χ0v) is 32.6. The predicted molar refractivity (Wildman–Crippen MR) is 197 cm³/mol. The molecule has 1 aliphatic heterocycles. The average molecular weight is 746 g/mol. The topological polar surface area (TPSA) is 158 Å². The van der Waals surface area contributed by atoms with E-state index in [1.165, 1.54) is 19.1 Å². The van der Waals surface area contributed by atoms with Crippen molar-refractivity contribution in [2.45, 2.75) is 123 Å². The molecule has 14 heteroatoms. The molecule has 52 heavy (non-hydrogen) atoms. The second-order valence-corrected chi connectivity index (χ2v) is 15.3. The highest BCUT2D eigenvalue weighted by atomic mass is 32.1. The Morgan fingerprint density at radius 2 is 1.87 bits per heavy atom. The van der Waals surface area contributed by atoms with Crippen LogP contribution in [0.4, 0.5) is 4.39 Å². The number of likely N-dealkylation sites (N-methyl/N-ethyl adjacent to an activating group) is 2. The Kier molecular flexibility index (Phi) is 16.2. The Hall–Kier alpha value is -3.91. The lowest BCUT2D eigenvalue weighted by molar-refractivity contribution is -0.149. The normalized spacial score (nSPS) is 17.8.